The molecule has 1 N–H and O–H groups in total. The third-order valence-electron chi connectivity index (χ3n) is 3.91. The van der Waals surface area contributed by atoms with Crippen LogP contribution < -0.4 is 10.1 Å². The van der Waals surface area contributed by atoms with Gasteiger partial charge in [0.05, 0.1) is 7.11 Å². The fourth-order valence-electron chi connectivity index (χ4n) is 2.88. The van der Waals surface area contributed by atoms with E-state index in [-0.39, 0.29) is 0 Å². The van der Waals surface area contributed by atoms with E-state index >= 15 is 0 Å². The number of nitrogens with one attached hydrogen (secondary N) is 1. The van der Waals surface area contributed by atoms with Gasteiger partial charge in [0, 0.05) is 26.2 Å². The van der Waals surface area contributed by atoms with E-state index in [9.17, 15) is 0 Å². The Hall–Kier alpha value is -1.06. The largest absolute Gasteiger partial charge is 0.496 e. The first-order chi connectivity index (χ1) is 9.20. The molecule has 1 heterocycles. The van der Waals surface area contributed by atoms with Crippen LogP contribution in [0.5, 0.6) is 5.75 Å². The Morgan fingerprint density at radius 2 is 1.95 bits per heavy atom. The summed E-state index contributed by atoms with van der Waals surface area (Å²) in [6.45, 7) is 10.1. The first kappa shape index (κ1) is 14.4. The molecule has 1 saturated heterocycles. The van der Waals surface area contributed by atoms with Crippen molar-refractivity contribution >= 4 is 0 Å². The summed E-state index contributed by atoms with van der Waals surface area (Å²) in [4.78, 5) is 2.55. The number of benzene rings is 1. The molecule has 0 radical (unpaired) electrons. The summed E-state index contributed by atoms with van der Waals surface area (Å²) in [5, 5.41) is 3.39. The van der Waals surface area contributed by atoms with Crippen LogP contribution in [0.15, 0.2) is 12.1 Å². The molecule has 19 heavy (non-hydrogen) atoms. The number of aryl methyl sites for hydroxylation is 2. The number of piperazine rings is 1. The summed E-state index contributed by atoms with van der Waals surface area (Å²) in [7, 11) is 1.77. The molecule has 2 rings (SSSR count). The van der Waals surface area contributed by atoms with Gasteiger partial charge in [0.25, 0.3) is 0 Å². The number of ether oxygens (including phenoxy) is 1. The Morgan fingerprint density at radius 1 is 1.21 bits per heavy atom. The van der Waals surface area contributed by atoms with Gasteiger partial charge in [0.2, 0.25) is 0 Å². The van der Waals surface area contributed by atoms with Crippen molar-refractivity contribution in [3.63, 3.8) is 0 Å². The van der Waals surface area contributed by atoms with Gasteiger partial charge in [-0.2, -0.15) is 0 Å². The monoisotopic (exact) mass is 262 g/mol. The topological polar surface area (TPSA) is 24.5 Å². The molecular weight excluding hydrogens is 236 g/mol. The fourth-order valence-corrected chi connectivity index (χ4v) is 2.88. The molecule has 0 saturated carbocycles. The molecule has 3 heteroatoms. The zero-order chi connectivity index (χ0) is 13.7. The molecule has 1 aromatic rings. The summed E-state index contributed by atoms with van der Waals surface area (Å²) in [6.07, 6.45) is 2.32. The molecular formula is C16H26N2O. The van der Waals surface area contributed by atoms with E-state index in [1.807, 2.05) is 0 Å². The smallest absolute Gasteiger partial charge is 0.122 e. The number of hydrogen-bond donors (Lipinski definition) is 1. The molecule has 0 aromatic heterocycles. The van der Waals surface area contributed by atoms with Crippen molar-refractivity contribution in [2.45, 2.75) is 26.7 Å². The van der Waals surface area contributed by atoms with E-state index in [1.54, 1.807) is 7.11 Å². The second-order valence-electron chi connectivity index (χ2n) is 5.46. The highest BCUT2D eigenvalue weighted by Gasteiger charge is 2.11. The summed E-state index contributed by atoms with van der Waals surface area (Å²) < 4.78 is 5.53. The minimum Gasteiger partial charge on any atom is -0.496 e. The lowest BCUT2D eigenvalue weighted by Gasteiger charge is -2.27. The molecule has 0 unspecified atom stereocenters. The Morgan fingerprint density at radius 3 is 2.63 bits per heavy atom. The maximum atomic E-state index is 5.53. The van der Waals surface area contributed by atoms with Gasteiger partial charge in [-0.05, 0) is 56.0 Å². The van der Waals surface area contributed by atoms with Crippen LogP contribution in [0.2, 0.25) is 0 Å². The van der Waals surface area contributed by atoms with E-state index < -0.39 is 0 Å². The summed E-state index contributed by atoms with van der Waals surface area (Å²) in [5.41, 5.74) is 4.01. The van der Waals surface area contributed by atoms with Gasteiger partial charge in [0.15, 0.2) is 0 Å². The Balaban J connectivity index is 1.91. The normalized spacial score (nSPS) is 16.6. The predicted molar refractivity (Wildman–Crippen MR) is 80.1 cm³/mol. The van der Waals surface area contributed by atoms with Gasteiger partial charge in [-0.1, -0.05) is 6.07 Å². The second-order valence-corrected chi connectivity index (χ2v) is 5.46. The summed E-state index contributed by atoms with van der Waals surface area (Å²) in [6, 6.07) is 4.40. The first-order valence-corrected chi connectivity index (χ1v) is 7.28. The van der Waals surface area contributed by atoms with Crippen LogP contribution in [0.3, 0.4) is 0 Å². The lowest BCUT2D eigenvalue weighted by atomic mass is 10.00. The molecule has 0 atom stereocenters. The quantitative estimate of drug-likeness (QED) is 0.880. The SMILES string of the molecule is COc1cc(C)cc(C)c1CCCN1CCNCC1. The average molecular weight is 262 g/mol. The number of rotatable bonds is 5. The molecule has 0 spiro atoms. The van der Waals surface area contributed by atoms with Gasteiger partial charge >= 0.3 is 0 Å². The minimum absolute atomic E-state index is 1.05. The van der Waals surface area contributed by atoms with Crippen LogP contribution in [0.25, 0.3) is 0 Å². The summed E-state index contributed by atoms with van der Waals surface area (Å²) in [5.74, 6) is 1.05. The molecule has 0 aliphatic carbocycles. The third kappa shape index (κ3) is 3.95. The van der Waals surface area contributed by atoms with Crippen LogP contribution in [0.1, 0.15) is 23.1 Å². The molecule has 1 aliphatic rings. The van der Waals surface area contributed by atoms with E-state index in [0.717, 1.165) is 25.3 Å². The third-order valence-corrected chi connectivity index (χ3v) is 3.91. The number of nitrogens with zero attached hydrogens (tertiary/aromatic N) is 1. The molecule has 1 aromatic carbocycles. The van der Waals surface area contributed by atoms with Crippen molar-refractivity contribution in [2.75, 3.05) is 39.8 Å². The van der Waals surface area contributed by atoms with E-state index in [0.29, 0.717) is 0 Å². The lowest BCUT2D eigenvalue weighted by Crippen LogP contribution is -2.43. The number of methoxy groups -OCH3 is 1. The van der Waals surface area contributed by atoms with Crippen molar-refractivity contribution < 1.29 is 4.74 Å². The lowest BCUT2D eigenvalue weighted by molar-refractivity contribution is 0.238. The van der Waals surface area contributed by atoms with Crippen LogP contribution in [-0.2, 0) is 6.42 Å². The first-order valence-electron chi connectivity index (χ1n) is 7.28. The highest BCUT2D eigenvalue weighted by atomic mass is 16.5. The minimum atomic E-state index is 1.05. The Kier molecular flexibility index (Phi) is 5.23. The number of hydrogen-bond acceptors (Lipinski definition) is 3. The van der Waals surface area contributed by atoms with Crippen molar-refractivity contribution in [2.24, 2.45) is 0 Å². The van der Waals surface area contributed by atoms with Crippen LogP contribution in [0, 0.1) is 13.8 Å². The van der Waals surface area contributed by atoms with Gasteiger partial charge in [-0.15, -0.1) is 0 Å². The fraction of sp³-hybridized carbons (Fsp3) is 0.625. The highest BCUT2D eigenvalue weighted by Crippen LogP contribution is 2.25. The standard InChI is InChI=1S/C16H26N2O/c1-13-11-14(2)15(16(12-13)19-3)5-4-8-18-9-6-17-7-10-18/h11-12,17H,4-10H2,1-3H3. The second kappa shape index (κ2) is 6.92. The Bertz CT molecular complexity index is 411. The van der Waals surface area contributed by atoms with E-state index in [1.165, 1.54) is 42.7 Å². The summed E-state index contributed by atoms with van der Waals surface area (Å²) >= 11 is 0. The van der Waals surface area contributed by atoms with E-state index in [4.69, 9.17) is 4.74 Å². The van der Waals surface area contributed by atoms with Gasteiger partial charge < -0.3 is 15.0 Å². The maximum Gasteiger partial charge on any atom is 0.122 e. The molecule has 3 nitrogen and oxygen atoms in total. The van der Waals surface area contributed by atoms with Crippen molar-refractivity contribution in [3.05, 3.63) is 28.8 Å². The average Bonchev–Trinajstić information content (AvgIpc) is 2.42. The van der Waals surface area contributed by atoms with Crippen molar-refractivity contribution in [1.82, 2.24) is 10.2 Å². The van der Waals surface area contributed by atoms with Crippen molar-refractivity contribution in [3.8, 4) is 5.75 Å². The molecule has 0 bridgehead atoms. The molecule has 106 valence electrons. The maximum absolute atomic E-state index is 5.53. The van der Waals surface area contributed by atoms with Gasteiger partial charge in [-0.3, -0.25) is 0 Å². The van der Waals surface area contributed by atoms with E-state index in [2.05, 4.69) is 36.2 Å². The molecule has 1 aliphatic heterocycles. The zero-order valence-corrected chi connectivity index (χ0v) is 12.5. The highest BCUT2D eigenvalue weighted by molar-refractivity contribution is 5.43. The van der Waals surface area contributed by atoms with Crippen LogP contribution >= 0.6 is 0 Å². The zero-order valence-electron chi connectivity index (χ0n) is 12.5. The van der Waals surface area contributed by atoms with Gasteiger partial charge in [-0.25, -0.2) is 0 Å². The van der Waals surface area contributed by atoms with Gasteiger partial charge in [0.1, 0.15) is 5.75 Å². The van der Waals surface area contributed by atoms with Crippen molar-refractivity contribution in [1.29, 1.82) is 0 Å². The van der Waals surface area contributed by atoms with Crippen LogP contribution in [0.4, 0.5) is 0 Å². The predicted octanol–water partition coefficient (Wildman–Crippen LogP) is 2.15. The van der Waals surface area contributed by atoms with Crippen LogP contribution in [-0.4, -0.2) is 44.7 Å². The molecule has 1 fully saturated rings. The molecule has 0 amide bonds. The Labute approximate surface area is 116 Å².